The van der Waals surface area contributed by atoms with Crippen LogP contribution in [0.5, 0.6) is 5.75 Å². The Morgan fingerprint density at radius 3 is 2.64 bits per heavy atom. The lowest BCUT2D eigenvalue weighted by Crippen LogP contribution is -2.27. The molecule has 5 rings (SSSR count). The van der Waals surface area contributed by atoms with E-state index < -0.39 is 5.97 Å². The Hall–Kier alpha value is -4.10. The van der Waals surface area contributed by atoms with Gasteiger partial charge in [-0.1, -0.05) is 54.6 Å². The van der Waals surface area contributed by atoms with E-state index in [1.807, 2.05) is 42.5 Å². The van der Waals surface area contributed by atoms with E-state index >= 15 is 0 Å². The average molecular weight is 455 g/mol. The zero-order valence-corrected chi connectivity index (χ0v) is 18.1. The number of furan rings is 1. The van der Waals surface area contributed by atoms with Crippen LogP contribution in [0, 0.1) is 0 Å². The van der Waals surface area contributed by atoms with E-state index in [1.54, 1.807) is 36.4 Å². The second-order valence-corrected chi connectivity index (χ2v) is 8.34. The third-order valence-electron chi connectivity index (χ3n) is 5.17. The number of ether oxygens (including phenoxy) is 1. The number of amides is 2. The molecule has 1 aromatic heterocycles. The molecule has 0 unspecified atom stereocenters. The molecule has 0 N–H and O–H groups in total. The quantitative estimate of drug-likeness (QED) is 0.212. The Bertz CT molecular complexity index is 1400. The molecule has 6 nitrogen and oxygen atoms in total. The molecule has 1 fully saturated rings. The molecule has 1 aliphatic rings. The molecule has 33 heavy (non-hydrogen) atoms. The Balaban J connectivity index is 1.35. The van der Waals surface area contributed by atoms with Gasteiger partial charge in [-0.05, 0) is 64.0 Å². The fourth-order valence-electron chi connectivity index (χ4n) is 3.61. The lowest BCUT2D eigenvalue weighted by Gasteiger charge is -2.14. The summed E-state index contributed by atoms with van der Waals surface area (Å²) in [7, 11) is 0. The van der Waals surface area contributed by atoms with E-state index in [-0.39, 0.29) is 23.5 Å². The third kappa shape index (κ3) is 4.31. The summed E-state index contributed by atoms with van der Waals surface area (Å²) in [6, 6.07) is 23.5. The standard InChI is InChI=1S/C26H17NO5S/c28-24-23(15-17-6-3-10-20(14-17)32-25(29)22-12-5-13-31-22)33-26(30)27(24)16-19-9-4-8-18-7-1-2-11-21(18)19/h1-15H,16H2/b23-15-. The second-order valence-electron chi connectivity index (χ2n) is 7.35. The number of nitrogens with zero attached hydrogens (tertiary/aromatic N) is 1. The van der Waals surface area contributed by atoms with Crippen LogP contribution < -0.4 is 4.74 Å². The van der Waals surface area contributed by atoms with E-state index in [0.717, 1.165) is 28.1 Å². The van der Waals surface area contributed by atoms with Crippen LogP contribution in [0.3, 0.4) is 0 Å². The number of carbonyl (C=O) groups is 3. The molecule has 0 radical (unpaired) electrons. The molecular weight excluding hydrogens is 438 g/mol. The number of benzene rings is 3. The molecule has 1 aliphatic heterocycles. The first-order chi connectivity index (χ1) is 16.1. The van der Waals surface area contributed by atoms with Crippen LogP contribution in [0.4, 0.5) is 4.79 Å². The summed E-state index contributed by atoms with van der Waals surface area (Å²) in [4.78, 5) is 39.3. The Kier molecular flexibility index (Phi) is 5.54. The average Bonchev–Trinajstić information content (AvgIpc) is 3.45. The van der Waals surface area contributed by atoms with Crippen LogP contribution in [0.2, 0.25) is 0 Å². The van der Waals surface area contributed by atoms with Gasteiger partial charge in [-0.25, -0.2) is 4.79 Å². The normalized spacial score (nSPS) is 14.9. The van der Waals surface area contributed by atoms with Gasteiger partial charge in [-0.15, -0.1) is 0 Å². The molecule has 0 saturated carbocycles. The van der Waals surface area contributed by atoms with Crippen molar-refractivity contribution < 1.29 is 23.5 Å². The predicted octanol–water partition coefficient (Wildman–Crippen LogP) is 5.89. The second kappa shape index (κ2) is 8.80. The first-order valence-electron chi connectivity index (χ1n) is 10.2. The van der Waals surface area contributed by atoms with E-state index in [0.29, 0.717) is 16.2 Å². The number of fused-ring (bicyclic) bond motifs is 1. The van der Waals surface area contributed by atoms with Gasteiger partial charge in [-0.3, -0.25) is 14.5 Å². The van der Waals surface area contributed by atoms with Crippen molar-refractivity contribution in [3.8, 4) is 5.75 Å². The van der Waals surface area contributed by atoms with E-state index in [1.165, 1.54) is 17.2 Å². The summed E-state index contributed by atoms with van der Waals surface area (Å²) in [5.74, 6) is -0.571. The van der Waals surface area contributed by atoms with Crippen molar-refractivity contribution in [1.82, 2.24) is 4.90 Å². The van der Waals surface area contributed by atoms with Gasteiger partial charge in [0, 0.05) is 0 Å². The van der Waals surface area contributed by atoms with Gasteiger partial charge in [0.05, 0.1) is 17.7 Å². The third-order valence-corrected chi connectivity index (χ3v) is 6.08. The highest BCUT2D eigenvalue weighted by molar-refractivity contribution is 8.18. The molecule has 162 valence electrons. The number of rotatable bonds is 5. The smallest absolute Gasteiger partial charge is 0.379 e. The highest BCUT2D eigenvalue weighted by Crippen LogP contribution is 2.34. The van der Waals surface area contributed by atoms with Crippen molar-refractivity contribution in [2.75, 3.05) is 0 Å². The SMILES string of the molecule is O=C(Oc1cccc(/C=C2\SC(=O)N(Cc3cccc4ccccc34)C2=O)c1)c1ccco1. The summed E-state index contributed by atoms with van der Waals surface area (Å²) in [5, 5.41) is 1.74. The van der Waals surface area contributed by atoms with Gasteiger partial charge >= 0.3 is 5.97 Å². The van der Waals surface area contributed by atoms with Crippen LogP contribution in [0.25, 0.3) is 16.8 Å². The van der Waals surface area contributed by atoms with Crippen molar-refractivity contribution in [3.63, 3.8) is 0 Å². The highest BCUT2D eigenvalue weighted by atomic mass is 32.2. The molecule has 0 bridgehead atoms. The first-order valence-corrected chi connectivity index (χ1v) is 11.0. The predicted molar refractivity (Wildman–Crippen MR) is 126 cm³/mol. The van der Waals surface area contributed by atoms with Gasteiger partial charge in [0.25, 0.3) is 11.1 Å². The molecule has 2 heterocycles. The van der Waals surface area contributed by atoms with Crippen LogP contribution in [-0.2, 0) is 11.3 Å². The van der Waals surface area contributed by atoms with Crippen molar-refractivity contribution in [3.05, 3.63) is 107 Å². The van der Waals surface area contributed by atoms with Crippen LogP contribution in [-0.4, -0.2) is 22.0 Å². The lowest BCUT2D eigenvalue weighted by atomic mass is 10.0. The highest BCUT2D eigenvalue weighted by Gasteiger charge is 2.35. The largest absolute Gasteiger partial charge is 0.457 e. The minimum absolute atomic E-state index is 0.0926. The molecule has 4 aromatic rings. The molecular formula is C26H17NO5S. The van der Waals surface area contributed by atoms with Gasteiger partial charge in [-0.2, -0.15) is 0 Å². The summed E-state index contributed by atoms with van der Waals surface area (Å²) < 4.78 is 10.4. The topological polar surface area (TPSA) is 76.8 Å². The Morgan fingerprint density at radius 2 is 1.79 bits per heavy atom. The lowest BCUT2D eigenvalue weighted by molar-refractivity contribution is -0.123. The van der Waals surface area contributed by atoms with Crippen LogP contribution >= 0.6 is 11.8 Å². The monoisotopic (exact) mass is 455 g/mol. The van der Waals surface area contributed by atoms with Crippen LogP contribution in [0.1, 0.15) is 21.7 Å². The zero-order valence-electron chi connectivity index (χ0n) is 17.3. The number of hydrogen-bond acceptors (Lipinski definition) is 6. The van der Waals surface area contributed by atoms with Crippen molar-refractivity contribution in [1.29, 1.82) is 0 Å². The minimum atomic E-state index is -0.618. The Labute approximate surface area is 193 Å². The number of carbonyl (C=O) groups excluding carboxylic acids is 3. The number of esters is 1. The number of hydrogen-bond donors (Lipinski definition) is 0. The molecule has 1 saturated heterocycles. The van der Waals surface area contributed by atoms with Gasteiger partial charge in [0.15, 0.2) is 0 Å². The maximum Gasteiger partial charge on any atom is 0.379 e. The summed E-state index contributed by atoms with van der Waals surface area (Å²) in [6.45, 7) is 0.199. The Morgan fingerprint density at radius 1 is 0.970 bits per heavy atom. The fraction of sp³-hybridized carbons (Fsp3) is 0.0385. The summed E-state index contributed by atoms with van der Waals surface area (Å²) in [5.41, 5.74) is 1.54. The zero-order chi connectivity index (χ0) is 22.8. The summed E-state index contributed by atoms with van der Waals surface area (Å²) >= 11 is 0.895. The fourth-order valence-corrected chi connectivity index (χ4v) is 4.45. The first kappa shape index (κ1) is 20.8. The van der Waals surface area contributed by atoms with Crippen molar-refractivity contribution in [2.24, 2.45) is 0 Å². The van der Waals surface area contributed by atoms with Crippen molar-refractivity contribution in [2.45, 2.75) is 6.54 Å². The maximum atomic E-state index is 13.0. The molecule has 3 aromatic carbocycles. The van der Waals surface area contributed by atoms with Gasteiger partial charge in [0.2, 0.25) is 5.76 Å². The van der Waals surface area contributed by atoms with Gasteiger partial charge in [0.1, 0.15) is 5.75 Å². The van der Waals surface area contributed by atoms with Gasteiger partial charge < -0.3 is 9.15 Å². The van der Waals surface area contributed by atoms with Crippen LogP contribution in [0.15, 0.2) is 94.4 Å². The maximum absolute atomic E-state index is 13.0. The van der Waals surface area contributed by atoms with Crippen molar-refractivity contribution >= 4 is 45.7 Å². The molecule has 0 aliphatic carbocycles. The van der Waals surface area contributed by atoms with E-state index in [9.17, 15) is 14.4 Å². The molecule has 7 heteroatoms. The van der Waals surface area contributed by atoms with E-state index in [2.05, 4.69) is 0 Å². The summed E-state index contributed by atoms with van der Waals surface area (Å²) in [6.07, 6.45) is 3.01. The minimum Gasteiger partial charge on any atom is -0.457 e. The number of thioether (sulfide) groups is 1. The molecule has 0 atom stereocenters. The molecule has 0 spiro atoms. The number of imide groups is 1. The molecule has 2 amide bonds. The van der Waals surface area contributed by atoms with E-state index in [4.69, 9.17) is 9.15 Å².